The van der Waals surface area contributed by atoms with Crippen LogP contribution in [0.15, 0.2) is 35.3 Å². The third-order valence-electron chi connectivity index (χ3n) is 4.27. The Hall–Kier alpha value is -2.96. The Labute approximate surface area is 159 Å². The highest BCUT2D eigenvalue weighted by Gasteiger charge is 2.13. The van der Waals surface area contributed by atoms with Gasteiger partial charge in [0.15, 0.2) is 17.5 Å². The number of guanidine groups is 1. The van der Waals surface area contributed by atoms with Gasteiger partial charge in [-0.1, -0.05) is 12.1 Å². The van der Waals surface area contributed by atoms with Crippen LogP contribution in [0.4, 0.5) is 4.39 Å². The number of aliphatic imine (C=N–C) groups is 1. The monoisotopic (exact) mass is 375 g/mol. The molecule has 0 spiro atoms. The van der Waals surface area contributed by atoms with Crippen LogP contribution in [0.2, 0.25) is 0 Å². The lowest BCUT2D eigenvalue weighted by Gasteiger charge is -2.19. The van der Waals surface area contributed by atoms with Crippen LogP contribution >= 0.6 is 0 Å². The highest BCUT2D eigenvalue weighted by Crippen LogP contribution is 2.37. The predicted molar refractivity (Wildman–Crippen MR) is 104 cm³/mol. The van der Waals surface area contributed by atoms with Gasteiger partial charge >= 0.3 is 0 Å². The van der Waals surface area contributed by atoms with Gasteiger partial charge in [0, 0.05) is 13.6 Å². The minimum absolute atomic E-state index is 0.0405. The molecule has 2 rings (SSSR count). The Kier molecular flexibility index (Phi) is 6.87. The summed E-state index contributed by atoms with van der Waals surface area (Å²) in [6.07, 6.45) is 0. The van der Waals surface area contributed by atoms with Crippen molar-refractivity contribution in [3.63, 3.8) is 0 Å². The normalized spacial score (nSPS) is 12.4. The van der Waals surface area contributed by atoms with Crippen LogP contribution in [0.5, 0.6) is 17.2 Å². The molecule has 27 heavy (non-hydrogen) atoms. The summed E-state index contributed by atoms with van der Waals surface area (Å²) in [5.41, 5.74) is 2.29. The fraction of sp³-hybridized carbons (Fsp3) is 0.350. The third kappa shape index (κ3) is 5.03. The quantitative estimate of drug-likeness (QED) is 0.534. The number of phenols is 1. The predicted octanol–water partition coefficient (Wildman–Crippen LogP) is 3.28. The standard InChI is InChI=1S/C20H26FN3O3/c1-12-6-7-15(10-16(12)21)13(2)24-20(22-3)23-11-14-8-17(26-4)19(25)18(9-14)27-5/h6-10,13,25H,11H2,1-5H3,(H2,22,23,24). The van der Waals surface area contributed by atoms with Crippen molar-refractivity contribution in [2.75, 3.05) is 21.3 Å². The number of methoxy groups -OCH3 is 2. The molecule has 1 unspecified atom stereocenters. The number of hydrogen-bond acceptors (Lipinski definition) is 4. The van der Waals surface area contributed by atoms with Crippen molar-refractivity contribution >= 4 is 5.96 Å². The molecule has 0 aliphatic rings. The van der Waals surface area contributed by atoms with Crippen LogP contribution in [0.25, 0.3) is 0 Å². The molecule has 6 nitrogen and oxygen atoms in total. The Balaban J connectivity index is 2.06. The van der Waals surface area contributed by atoms with Crippen LogP contribution in [-0.2, 0) is 6.54 Å². The summed E-state index contributed by atoms with van der Waals surface area (Å²) >= 11 is 0. The second kappa shape index (κ2) is 9.12. The third-order valence-corrected chi connectivity index (χ3v) is 4.27. The average Bonchev–Trinajstić information content (AvgIpc) is 2.67. The minimum Gasteiger partial charge on any atom is -0.502 e. The van der Waals surface area contributed by atoms with Gasteiger partial charge in [0.1, 0.15) is 5.82 Å². The molecule has 0 amide bonds. The van der Waals surface area contributed by atoms with Gasteiger partial charge in [0.2, 0.25) is 5.75 Å². The van der Waals surface area contributed by atoms with Crippen molar-refractivity contribution < 1.29 is 19.0 Å². The van der Waals surface area contributed by atoms with Gasteiger partial charge in [-0.25, -0.2) is 4.39 Å². The topological polar surface area (TPSA) is 75.1 Å². The number of phenolic OH excluding ortho intramolecular Hbond substituents is 1. The number of ether oxygens (including phenoxy) is 2. The maximum atomic E-state index is 13.8. The molecule has 0 fully saturated rings. The number of rotatable bonds is 6. The van der Waals surface area contributed by atoms with E-state index in [4.69, 9.17) is 9.47 Å². The molecule has 2 aromatic carbocycles. The Bertz CT molecular complexity index is 799. The van der Waals surface area contributed by atoms with E-state index in [1.165, 1.54) is 20.3 Å². The van der Waals surface area contributed by atoms with Crippen molar-refractivity contribution in [2.45, 2.75) is 26.4 Å². The summed E-state index contributed by atoms with van der Waals surface area (Å²) in [7, 11) is 4.62. The van der Waals surface area contributed by atoms with Crippen LogP contribution in [0, 0.1) is 12.7 Å². The molecule has 0 aliphatic heterocycles. The van der Waals surface area contributed by atoms with Crippen molar-refractivity contribution in [3.8, 4) is 17.2 Å². The van der Waals surface area contributed by atoms with E-state index < -0.39 is 0 Å². The molecule has 7 heteroatoms. The molecule has 0 aromatic heterocycles. The van der Waals surface area contributed by atoms with E-state index in [2.05, 4.69) is 15.6 Å². The number of nitrogens with one attached hydrogen (secondary N) is 2. The lowest BCUT2D eigenvalue weighted by Crippen LogP contribution is -2.38. The first-order valence-corrected chi connectivity index (χ1v) is 8.56. The molecule has 2 aromatic rings. The van der Waals surface area contributed by atoms with Crippen molar-refractivity contribution in [3.05, 3.63) is 52.8 Å². The highest BCUT2D eigenvalue weighted by molar-refractivity contribution is 5.80. The number of nitrogens with zero attached hydrogens (tertiary/aromatic N) is 1. The van der Waals surface area contributed by atoms with Crippen LogP contribution in [0.3, 0.4) is 0 Å². The average molecular weight is 375 g/mol. The molecule has 146 valence electrons. The SMILES string of the molecule is CN=C(NCc1cc(OC)c(O)c(OC)c1)NC(C)c1ccc(C)c(F)c1. The molecule has 1 atom stereocenters. The second-order valence-electron chi connectivity index (χ2n) is 6.15. The fourth-order valence-electron chi connectivity index (χ4n) is 2.60. The van der Waals surface area contributed by atoms with E-state index in [1.54, 1.807) is 32.2 Å². The molecule has 0 heterocycles. The Morgan fingerprint density at radius 3 is 2.33 bits per heavy atom. The second-order valence-corrected chi connectivity index (χ2v) is 6.15. The fourth-order valence-corrected chi connectivity index (χ4v) is 2.60. The first-order valence-electron chi connectivity index (χ1n) is 8.56. The van der Waals surface area contributed by atoms with Crippen molar-refractivity contribution in [2.24, 2.45) is 4.99 Å². The van der Waals surface area contributed by atoms with Gasteiger partial charge < -0.3 is 25.2 Å². The summed E-state index contributed by atoms with van der Waals surface area (Å²) < 4.78 is 24.1. The molecule has 0 saturated heterocycles. The molecule has 3 N–H and O–H groups in total. The zero-order valence-electron chi connectivity index (χ0n) is 16.3. The van der Waals surface area contributed by atoms with E-state index >= 15 is 0 Å². The summed E-state index contributed by atoms with van der Waals surface area (Å²) in [6, 6.07) is 8.48. The number of aromatic hydroxyl groups is 1. The summed E-state index contributed by atoms with van der Waals surface area (Å²) in [5.74, 6) is 0.957. The molecular weight excluding hydrogens is 349 g/mol. The molecule has 0 bridgehead atoms. The summed E-state index contributed by atoms with van der Waals surface area (Å²) in [4.78, 5) is 4.20. The van der Waals surface area contributed by atoms with Gasteiger partial charge in [-0.15, -0.1) is 0 Å². The number of aryl methyl sites for hydroxylation is 1. The van der Waals surface area contributed by atoms with Crippen LogP contribution in [0.1, 0.15) is 29.7 Å². The van der Waals surface area contributed by atoms with E-state index in [0.29, 0.717) is 29.6 Å². The number of benzene rings is 2. The van der Waals surface area contributed by atoms with Crippen LogP contribution in [-0.4, -0.2) is 32.3 Å². The van der Waals surface area contributed by atoms with E-state index in [-0.39, 0.29) is 17.6 Å². The van der Waals surface area contributed by atoms with Gasteiger partial charge in [-0.3, -0.25) is 4.99 Å². The Morgan fingerprint density at radius 2 is 1.81 bits per heavy atom. The first-order chi connectivity index (χ1) is 12.9. The molecular formula is C20H26FN3O3. The number of hydrogen-bond donors (Lipinski definition) is 3. The lowest BCUT2D eigenvalue weighted by molar-refractivity contribution is 0.339. The first kappa shape index (κ1) is 20.4. The zero-order valence-corrected chi connectivity index (χ0v) is 16.3. The lowest BCUT2D eigenvalue weighted by atomic mass is 10.1. The maximum absolute atomic E-state index is 13.8. The van der Waals surface area contributed by atoms with Gasteiger partial charge in [0.05, 0.1) is 20.3 Å². The van der Waals surface area contributed by atoms with E-state index in [9.17, 15) is 9.50 Å². The maximum Gasteiger partial charge on any atom is 0.200 e. The van der Waals surface area contributed by atoms with Gasteiger partial charge in [-0.2, -0.15) is 0 Å². The van der Waals surface area contributed by atoms with Gasteiger partial charge in [-0.05, 0) is 48.7 Å². The minimum atomic E-state index is -0.229. The van der Waals surface area contributed by atoms with Gasteiger partial charge in [0.25, 0.3) is 0 Å². The largest absolute Gasteiger partial charge is 0.502 e. The van der Waals surface area contributed by atoms with E-state index in [1.807, 2.05) is 13.0 Å². The number of halogens is 1. The molecule has 0 aliphatic carbocycles. The summed E-state index contributed by atoms with van der Waals surface area (Å²) in [5, 5.41) is 16.4. The molecule has 0 saturated carbocycles. The van der Waals surface area contributed by atoms with E-state index in [0.717, 1.165) is 11.1 Å². The van der Waals surface area contributed by atoms with Crippen molar-refractivity contribution in [1.82, 2.24) is 10.6 Å². The van der Waals surface area contributed by atoms with Crippen molar-refractivity contribution in [1.29, 1.82) is 0 Å². The highest BCUT2D eigenvalue weighted by atomic mass is 19.1. The Morgan fingerprint density at radius 1 is 1.19 bits per heavy atom. The zero-order chi connectivity index (χ0) is 20.0. The van der Waals surface area contributed by atoms with Crippen LogP contribution < -0.4 is 20.1 Å². The molecule has 0 radical (unpaired) electrons. The summed E-state index contributed by atoms with van der Waals surface area (Å²) in [6.45, 7) is 4.10. The smallest absolute Gasteiger partial charge is 0.200 e.